The van der Waals surface area contributed by atoms with Crippen molar-refractivity contribution in [2.24, 2.45) is 11.8 Å². The highest BCUT2D eigenvalue weighted by atomic mass is 32.1. The molecule has 0 radical (unpaired) electrons. The van der Waals surface area contributed by atoms with Gasteiger partial charge >= 0.3 is 0 Å². The molecule has 1 saturated carbocycles. The summed E-state index contributed by atoms with van der Waals surface area (Å²) >= 11 is 1.90. The molecule has 1 aromatic heterocycles. The minimum atomic E-state index is 0.679. The first kappa shape index (κ1) is 8.01. The lowest BCUT2D eigenvalue weighted by Gasteiger charge is -2.29. The van der Waals surface area contributed by atoms with Crippen molar-refractivity contribution in [3.63, 3.8) is 0 Å². The van der Waals surface area contributed by atoms with E-state index in [0.717, 1.165) is 11.8 Å². The number of fused-ring (bicyclic) bond motifs is 2. The number of hydrogen-bond donors (Lipinski definition) is 1. The summed E-state index contributed by atoms with van der Waals surface area (Å²) in [5.41, 5.74) is 0. The Morgan fingerprint density at radius 1 is 1.38 bits per heavy atom. The third-order valence-electron chi connectivity index (χ3n) is 3.53. The Morgan fingerprint density at radius 3 is 3.23 bits per heavy atom. The topological polar surface area (TPSA) is 12.0 Å². The van der Waals surface area contributed by atoms with Crippen LogP contribution in [0, 0.1) is 11.8 Å². The zero-order valence-electron chi connectivity index (χ0n) is 7.70. The van der Waals surface area contributed by atoms with Crippen molar-refractivity contribution in [1.82, 2.24) is 5.32 Å². The van der Waals surface area contributed by atoms with Gasteiger partial charge in [0.1, 0.15) is 0 Å². The Morgan fingerprint density at radius 2 is 2.38 bits per heavy atom. The molecule has 0 unspecified atom stereocenters. The molecule has 13 heavy (non-hydrogen) atoms. The van der Waals surface area contributed by atoms with E-state index in [9.17, 15) is 0 Å². The zero-order valence-corrected chi connectivity index (χ0v) is 8.52. The van der Waals surface area contributed by atoms with Crippen molar-refractivity contribution in [1.29, 1.82) is 0 Å². The van der Waals surface area contributed by atoms with Crippen molar-refractivity contribution in [3.8, 4) is 0 Å². The molecular formula is C11H15NS. The Bertz CT molecular complexity index is 280. The van der Waals surface area contributed by atoms with E-state index in [1.807, 2.05) is 11.3 Å². The van der Waals surface area contributed by atoms with Crippen LogP contribution in [0.25, 0.3) is 0 Å². The van der Waals surface area contributed by atoms with E-state index in [1.54, 1.807) is 4.88 Å². The number of nitrogens with one attached hydrogen (secondary N) is 1. The molecule has 2 heterocycles. The largest absolute Gasteiger partial charge is 0.309 e. The van der Waals surface area contributed by atoms with E-state index in [2.05, 4.69) is 22.8 Å². The molecule has 3 rings (SSSR count). The van der Waals surface area contributed by atoms with Gasteiger partial charge in [-0.15, -0.1) is 11.3 Å². The van der Waals surface area contributed by atoms with Crippen molar-refractivity contribution in [3.05, 3.63) is 22.4 Å². The van der Waals surface area contributed by atoms with Gasteiger partial charge in [0.15, 0.2) is 0 Å². The van der Waals surface area contributed by atoms with E-state index in [1.165, 1.54) is 25.8 Å². The number of piperidine rings is 1. The van der Waals surface area contributed by atoms with Crippen molar-refractivity contribution < 1.29 is 0 Å². The molecule has 2 bridgehead atoms. The minimum absolute atomic E-state index is 0.679. The fraction of sp³-hybridized carbons (Fsp3) is 0.636. The van der Waals surface area contributed by atoms with Crippen LogP contribution in [0.2, 0.25) is 0 Å². The summed E-state index contributed by atoms with van der Waals surface area (Å²) in [6.07, 6.45) is 4.37. The zero-order chi connectivity index (χ0) is 8.67. The van der Waals surface area contributed by atoms with Crippen LogP contribution in [-0.4, -0.2) is 6.54 Å². The Labute approximate surface area is 83.2 Å². The fourth-order valence-corrected chi connectivity index (χ4v) is 3.76. The molecule has 1 N–H and O–H groups in total. The standard InChI is InChI=1S/C11H15NS/c1-2-10(13-5-1)11-9-4-3-8(6-9)7-12-11/h1-2,5,8-9,11-12H,3-4,6-7H2/t8-,9+,11-/m1/s1. The van der Waals surface area contributed by atoms with Crippen LogP contribution in [0.4, 0.5) is 0 Å². The van der Waals surface area contributed by atoms with Gasteiger partial charge in [0.05, 0.1) is 0 Å². The summed E-state index contributed by atoms with van der Waals surface area (Å²) in [7, 11) is 0. The molecule has 1 aliphatic carbocycles. The molecule has 2 heteroatoms. The lowest BCUT2D eigenvalue weighted by Crippen LogP contribution is -2.34. The van der Waals surface area contributed by atoms with Gasteiger partial charge < -0.3 is 5.32 Å². The van der Waals surface area contributed by atoms with Crippen molar-refractivity contribution >= 4 is 11.3 Å². The van der Waals surface area contributed by atoms with Gasteiger partial charge in [-0.05, 0) is 49.1 Å². The fourth-order valence-electron chi connectivity index (χ4n) is 2.86. The summed E-state index contributed by atoms with van der Waals surface area (Å²) in [5, 5.41) is 5.89. The predicted molar refractivity (Wildman–Crippen MR) is 55.9 cm³/mol. The molecular weight excluding hydrogens is 178 g/mol. The monoisotopic (exact) mass is 193 g/mol. The molecule has 70 valence electrons. The number of hydrogen-bond acceptors (Lipinski definition) is 2. The first-order chi connectivity index (χ1) is 6.43. The van der Waals surface area contributed by atoms with Crippen molar-refractivity contribution in [2.75, 3.05) is 6.54 Å². The third-order valence-corrected chi connectivity index (χ3v) is 4.48. The van der Waals surface area contributed by atoms with Gasteiger partial charge in [-0.3, -0.25) is 0 Å². The molecule has 2 aliphatic rings. The summed E-state index contributed by atoms with van der Waals surface area (Å²) in [5.74, 6) is 1.92. The third kappa shape index (κ3) is 1.32. The highest BCUT2D eigenvalue weighted by Gasteiger charge is 2.36. The summed E-state index contributed by atoms with van der Waals surface area (Å²) in [6, 6.07) is 5.13. The highest BCUT2D eigenvalue weighted by molar-refractivity contribution is 7.10. The molecule has 1 aromatic rings. The van der Waals surface area contributed by atoms with Crippen LogP contribution < -0.4 is 5.32 Å². The van der Waals surface area contributed by atoms with Crippen LogP contribution in [0.15, 0.2) is 17.5 Å². The van der Waals surface area contributed by atoms with E-state index >= 15 is 0 Å². The smallest absolute Gasteiger partial charge is 0.0443 e. The van der Waals surface area contributed by atoms with Gasteiger partial charge in [0.25, 0.3) is 0 Å². The lowest BCUT2D eigenvalue weighted by atomic mass is 9.92. The molecule has 2 fully saturated rings. The van der Waals surface area contributed by atoms with Gasteiger partial charge in [-0.1, -0.05) is 6.07 Å². The van der Waals surface area contributed by atoms with E-state index in [4.69, 9.17) is 0 Å². The molecule has 1 nitrogen and oxygen atoms in total. The van der Waals surface area contributed by atoms with E-state index in [0.29, 0.717) is 6.04 Å². The molecule has 1 aliphatic heterocycles. The van der Waals surface area contributed by atoms with Gasteiger partial charge in [0.2, 0.25) is 0 Å². The Hall–Kier alpha value is -0.340. The Kier molecular flexibility index (Phi) is 1.91. The lowest BCUT2D eigenvalue weighted by molar-refractivity contribution is 0.296. The van der Waals surface area contributed by atoms with Crippen molar-refractivity contribution in [2.45, 2.75) is 25.3 Å². The second kappa shape index (κ2) is 3.10. The van der Waals surface area contributed by atoms with Crippen LogP contribution in [-0.2, 0) is 0 Å². The quantitative estimate of drug-likeness (QED) is 0.723. The predicted octanol–water partition coefficient (Wildman–Crippen LogP) is 2.81. The average molecular weight is 193 g/mol. The van der Waals surface area contributed by atoms with Crippen LogP contribution in [0.5, 0.6) is 0 Å². The first-order valence-corrected chi connectivity index (χ1v) is 6.08. The van der Waals surface area contributed by atoms with Gasteiger partial charge in [-0.2, -0.15) is 0 Å². The summed E-state index contributed by atoms with van der Waals surface area (Å²) in [4.78, 5) is 1.55. The Balaban J connectivity index is 1.84. The maximum atomic E-state index is 3.69. The first-order valence-electron chi connectivity index (χ1n) is 5.20. The van der Waals surface area contributed by atoms with Gasteiger partial charge in [0, 0.05) is 10.9 Å². The van der Waals surface area contributed by atoms with Crippen LogP contribution in [0.3, 0.4) is 0 Å². The van der Waals surface area contributed by atoms with E-state index < -0.39 is 0 Å². The number of thiophene rings is 1. The van der Waals surface area contributed by atoms with E-state index in [-0.39, 0.29) is 0 Å². The number of rotatable bonds is 1. The average Bonchev–Trinajstić information content (AvgIpc) is 2.77. The highest BCUT2D eigenvalue weighted by Crippen LogP contribution is 2.43. The molecule has 3 atom stereocenters. The second-order valence-electron chi connectivity index (χ2n) is 4.34. The van der Waals surface area contributed by atoms with Crippen LogP contribution in [0.1, 0.15) is 30.2 Å². The maximum Gasteiger partial charge on any atom is 0.0443 e. The molecule has 0 aromatic carbocycles. The maximum absolute atomic E-state index is 3.69. The normalized spacial score (nSPS) is 38.0. The van der Waals surface area contributed by atoms with Crippen LogP contribution >= 0.6 is 11.3 Å². The summed E-state index contributed by atoms with van der Waals surface area (Å²) < 4.78 is 0. The SMILES string of the molecule is c1csc([C@@H]2NC[C@@H]3CC[C@H]2C3)c1. The molecule has 1 saturated heterocycles. The molecule has 0 amide bonds. The second-order valence-corrected chi connectivity index (χ2v) is 5.32. The summed E-state index contributed by atoms with van der Waals surface area (Å²) in [6.45, 7) is 1.25. The minimum Gasteiger partial charge on any atom is -0.309 e. The molecule has 0 spiro atoms. The van der Waals surface area contributed by atoms with Gasteiger partial charge in [-0.25, -0.2) is 0 Å².